The van der Waals surface area contributed by atoms with Crippen LogP contribution in [0.1, 0.15) is 24.3 Å². The van der Waals surface area contributed by atoms with Gasteiger partial charge in [-0.25, -0.2) is 0 Å². The van der Waals surface area contributed by atoms with Gasteiger partial charge in [0.25, 0.3) is 5.91 Å². The van der Waals surface area contributed by atoms with Crippen molar-refractivity contribution >= 4 is 16.7 Å². The van der Waals surface area contributed by atoms with Gasteiger partial charge in [-0.05, 0) is 11.5 Å². The summed E-state index contributed by atoms with van der Waals surface area (Å²) in [7, 11) is 0. The van der Waals surface area contributed by atoms with E-state index in [9.17, 15) is 4.79 Å². The lowest BCUT2D eigenvalue weighted by Crippen LogP contribution is -2.35. The van der Waals surface area contributed by atoms with E-state index in [-0.39, 0.29) is 5.91 Å². The van der Waals surface area contributed by atoms with E-state index in [2.05, 4.69) is 29.5 Å². The second kappa shape index (κ2) is 6.29. The minimum absolute atomic E-state index is 0.123. The first-order valence-electron chi connectivity index (χ1n) is 6.54. The molecule has 2 N–H and O–H groups in total. The first kappa shape index (κ1) is 13.5. The minimum atomic E-state index is -0.123. The van der Waals surface area contributed by atoms with Crippen LogP contribution in [0.3, 0.4) is 0 Å². The molecule has 0 aliphatic rings. The predicted molar refractivity (Wildman–Crippen MR) is 77.2 cm³/mol. The first-order chi connectivity index (χ1) is 9.18. The summed E-state index contributed by atoms with van der Waals surface area (Å²) in [6, 6.07) is 10.1. The Labute approximate surface area is 113 Å². The van der Waals surface area contributed by atoms with Crippen molar-refractivity contribution in [1.82, 2.24) is 15.6 Å². The van der Waals surface area contributed by atoms with Gasteiger partial charge in [0.1, 0.15) is 5.69 Å². The van der Waals surface area contributed by atoms with Crippen LogP contribution in [-0.4, -0.2) is 30.0 Å². The number of fused-ring (bicyclic) bond motifs is 1. The summed E-state index contributed by atoms with van der Waals surface area (Å²) in [6.07, 6.45) is 1.67. The van der Waals surface area contributed by atoms with Crippen molar-refractivity contribution in [2.75, 3.05) is 13.1 Å². The number of carbonyl (C=O) groups excluding carboxylic acids is 1. The molecular weight excluding hydrogens is 238 g/mol. The van der Waals surface area contributed by atoms with E-state index in [1.54, 1.807) is 6.20 Å². The van der Waals surface area contributed by atoms with Crippen LogP contribution in [0.15, 0.2) is 36.5 Å². The molecule has 0 radical (unpaired) electrons. The normalized spacial score (nSPS) is 10.9. The van der Waals surface area contributed by atoms with Crippen LogP contribution < -0.4 is 10.6 Å². The van der Waals surface area contributed by atoms with E-state index in [1.165, 1.54) is 0 Å². The highest BCUT2D eigenvalue weighted by atomic mass is 16.1. The number of hydrogen-bond acceptors (Lipinski definition) is 3. The fourth-order valence-electron chi connectivity index (χ4n) is 1.92. The summed E-state index contributed by atoms with van der Waals surface area (Å²) >= 11 is 0. The second-order valence-electron chi connectivity index (χ2n) is 4.75. The topological polar surface area (TPSA) is 54.0 Å². The van der Waals surface area contributed by atoms with E-state index in [0.29, 0.717) is 18.3 Å². The standard InChI is InChI=1S/C15H19N3O/c1-11(2)16-9-10-18-15(19)14-13-6-4-3-5-12(13)7-8-17-14/h3-8,11,16H,9-10H2,1-2H3,(H,18,19). The molecule has 19 heavy (non-hydrogen) atoms. The summed E-state index contributed by atoms with van der Waals surface area (Å²) in [4.78, 5) is 16.3. The average Bonchev–Trinajstić information content (AvgIpc) is 2.42. The third-order valence-corrected chi connectivity index (χ3v) is 2.85. The zero-order valence-corrected chi connectivity index (χ0v) is 11.3. The van der Waals surface area contributed by atoms with Crippen molar-refractivity contribution < 1.29 is 4.79 Å². The molecule has 0 saturated heterocycles. The van der Waals surface area contributed by atoms with E-state index >= 15 is 0 Å². The van der Waals surface area contributed by atoms with Gasteiger partial charge in [0.05, 0.1) is 0 Å². The molecule has 2 rings (SSSR count). The molecule has 0 atom stereocenters. The van der Waals surface area contributed by atoms with Crippen molar-refractivity contribution in [2.45, 2.75) is 19.9 Å². The molecule has 4 nitrogen and oxygen atoms in total. The maximum absolute atomic E-state index is 12.1. The monoisotopic (exact) mass is 257 g/mol. The highest BCUT2D eigenvalue weighted by molar-refractivity contribution is 6.05. The lowest BCUT2D eigenvalue weighted by atomic mass is 10.1. The molecule has 1 amide bonds. The summed E-state index contributed by atoms with van der Waals surface area (Å²) in [6.45, 7) is 5.51. The molecule has 1 aromatic heterocycles. The number of pyridine rings is 1. The van der Waals surface area contributed by atoms with Gasteiger partial charge in [0, 0.05) is 30.7 Å². The molecule has 0 spiro atoms. The summed E-state index contributed by atoms with van der Waals surface area (Å²) < 4.78 is 0. The Kier molecular flexibility index (Phi) is 4.47. The molecule has 0 aliphatic carbocycles. The average molecular weight is 257 g/mol. The number of aromatic nitrogens is 1. The molecule has 0 fully saturated rings. The molecule has 2 aromatic rings. The maximum Gasteiger partial charge on any atom is 0.270 e. The zero-order chi connectivity index (χ0) is 13.7. The van der Waals surface area contributed by atoms with Crippen molar-refractivity contribution in [2.24, 2.45) is 0 Å². The maximum atomic E-state index is 12.1. The Hall–Kier alpha value is -1.94. The van der Waals surface area contributed by atoms with Gasteiger partial charge in [0.2, 0.25) is 0 Å². The third kappa shape index (κ3) is 3.51. The fraction of sp³-hybridized carbons (Fsp3) is 0.333. The van der Waals surface area contributed by atoms with Crippen LogP contribution in [0.5, 0.6) is 0 Å². The zero-order valence-electron chi connectivity index (χ0n) is 11.3. The highest BCUT2D eigenvalue weighted by Gasteiger charge is 2.10. The van der Waals surface area contributed by atoms with Crippen LogP contribution in [0, 0.1) is 0 Å². The largest absolute Gasteiger partial charge is 0.349 e. The molecular formula is C15H19N3O. The Morgan fingerprint density at radius 1 is 1.21 bits per heavy atom. The van der Waals surface area contributed by atoms with Crippen LogP contribution >= 0.6 is 0 Å². The van der Waals surface area contributed by atoms with Crippen LogP contribution in [0.25, 0.3) is 10.8 Å². The molecule has 1 aromatic carbocycles. The first-order valence-corrected chi connectivity index (χ1v) is 6.54. The van der Waals surface area contributed by atoms with Crippen molar-refractivity contribution in [1.29, 1.82) is 0 Å². The van der Waals surface area contributed by atoms with Gasteiger partial charge in [-0.2, -0.15) is 0 Å². The van der Waals surface area contributed by atoms with Gasteiger partial charge in [-0.3, -0.25) is 9.78 Å². The molecule has 0 bridgehead atoms. The SMILES string of the molecule is CC(C)NCCNC(=O)c1nccc2ccccc12. The smallest absolute Gasteiger partial charge is 0.270 e. The molecule has 4 heteroatoms. The van der Waals surface area contributed by atoms with Crippen molar-refractivity contribution in [3.05, 3.63) is 42.2 Å². The van der Waals surface area contributed by atoms with E-state index in [4.69, 9.17) is 0 Å². The molecule has 0 unspecified atom stereocenters. The number of rotatable bonds is 5. The number of benzene rings is 1. The Morgan fingerprint density at radius 3 is 2.79 bits per heavy atom. The molecule has 1 heterocycles. The third-order valence-electron chi connectivity index (χ3n) is 2.85. The van der Waals surface area contributed by atoms with Crippen LogP contribution in [0.4, 0.5) is 0 Å². The number of nitrogens with one attached hydrogen (secondary N) is 2. The van der Waals surface area contributed by atoms with Gasteiger partial charge in [-0.15, -0.1) is 0 Å². The minimum Gasteiger partial charge on any atom is -0.349 e. The summed E-state index contributed by atoms with van der Waals surface area (Å²) in [5.41, 5.74) is 0.489. The number of amides is 1. The second-order valence-corrected chi connectivity index (χ2v) is 4.75. The Bertz CT molecular complexity index is 561. The molecule has 0 aliphatic heterocycles. The number of carbonyl (C=O) groups is 1. The van der Waals surface area contributed by atoms with Gasteiger partial charge < -0.3 is 10.6 Å². The fourth-order valence-corrected chi connectivity index (χ4v) is 1.92. The lowest BCUT2D eigenvalue weighted by molar-refractivity contribution is 0.0950. The summed E-state index contributed by atoms with van der Waals surface area (Å²) in [5.74, 6) is -0.123. The van der Waals surface area contributed by atoms with Crippen molar-refractivity contribution in [3.8, 4) is 0 Å². The lowest BCUT2D eigenvalue weighted by Gasteiger charge is -2.09. The summed E-state index contributed by atoms with van der Waals surface area (Å²) in [5, 5.41) is 8.06. The Balaban J connectivity index is 2.05. The Morgan fingerprint density at radius 2 is 2.00 bits per heavy atom. The highest BCUT2D eigenvalue weighted by Crippen LogP contribution is 2.15. The van der Waals surface area contributed by atoms with Gasteiger partial charge in [0.15, 0.2) is 0 Å². The van der Waals surface area contributed by atoms with Crippen molar-refractivity contribution in [3.63, 3.8) is 0 Å². The molecule has 0 saturated carbocycles. The van der Waals surface area contributed by atoms with Crippen LogP contribution in [-0.2, 0) is 0 Å². The van der Waals surface area contributed by atoms with E-state index in [0.717, 1.165) is 17.3 Å². The number of nitrogens with zero attached hydrogens (tertiary/aromatic N) is 1. The quantitative estimate of drug-likeness (QED) is 0.805. The van der Waals surface area contributed by atoms with Gasteiger partial charge in [-0.1, -0.05) is 38.1 Å². The molecule has 100 valence electrons. The van der Waals surface area contributed by atoms with Gasteiger partial charge >= 0.3 is 0 Å². The van der Waals surface area contributed by atoms with E-state index in [1.807, 2.05) is 30.3 Å². The van der Waals surface area contributed by atoms with E-state index < -0.39 is 0 Å². The number of hydrogen-bond donors (Lipinski definition) is 2. The predicted octanol–water partition coefficient (Wildman–Crippen LogP) is 1.96. The van der Waals surface area contributed by atoms with Crippen LogP contribution in [0.2, 0.25) is 0 Å².